The van der Waals surface area contributed by atoms with Gasteiger partial charge in [-0.3, -0.25) is 9.59 Å². The summed E-state index contributed by atoms with van der Waals surface area (Å²) in [6, 6.07) is 6.97. The quantitative estimate of drug-likeness (QED) is 0.0838. The first kappa shape index (κ1) is 34.1. The van der Waals surface area contributed by atoms with E-state index in [1.807, 2.05) is 12.1 Å². The molecule has 2 aromatic rings. The SMILES string of the molecule is COc1ccc2c(c1OC)O[C@H]1c3c(cc(O[C@@H]4O[C@H]([C@H](OC(=O)CC(=O)O)C(N)N)[C@@H](O)[C@H](O)[C@H]4O)cc3C3=CC=C(N)NC3)OC[C@@H]21. The van der Waals surface area contributed by atoms with Gasteiger partial charge >= 0.3 is 11.9 Å². The molecule has 1 saturated heterocycles. The lowest BCUT2D eigenvalue weighted by atomic mass is 9.84. The molecule has 17 heteroatoms. The molecular weight excluding hydrogens is 648 g/mol. The largest absolute Gasteiger partial charge is 0.493 e. The maximum Gasteiger partial charge on any atom is 0.317 e. The van der Waals surface area contributed by atoms with Gasteiger partial charge in [0.15, 0.2) is 17.6 Å². The summed E-state index contributed by atoms with van der Waals surface area (Å²) in [5, 5.41) is 44.4. The summed E-state index contributed by atoms with van der Waals surface area (Å²) >= 11 is 0. The first-order chi connectivity index (χ1) is 23.4. The number of hydrogen-bond donors (Lipinski definition) is 8. The summed E-state index contributed by atoms with van der Waals surface area (Å²) in [6.45, 7) is 0.577. The zero-order valence-corrected chi connectivity index (χ0v) is 26.5. The first-order valence-corrected chi connectivity index (χ1v) is 15.3. The Morgan fingerprint density at radius 2 is 1.84 bits per heavy atom. The van der Waals surface area contributed by atoms with E-state index in [0.717, 1.165) is 11.1 Å². The number of carbonyl (C=O) groups excluding carboxylic acids is 1. The number of benzene rings is 2. The number of dihydropyridines is 1. The number of aliphatic hydroxyl groups is 3. The van der Waals surface area contributed by atoms with Crippen LogP contribution in [0.15, 0.2) is 42.2 Å². The third-order valence-corrected chi connectivity index (χ3v) is 8.78. The number of nitrogens with one attached hydrogen (secondary N) is 1. The van der Waals surface area contributed by atoms with Gasteiger partial charge in [0, 0.05) is 23.7 Å². The third-order valence-electron chi connectivity index (χ3n) is 8.78. The second-order valence-corrected chi connectivity index (χ2v) is 11.9. The van der Waals surface area contributed by atoms with Crippen LogP contribution >= 0.6 is 0 Å². The summed E-state index contributed by atoms with van der Waals surface area (Å²) in [4.78, 5) is 23.1. The fraction of sp³-hybridized carbons (Fsp3) is 0.438. The van der Waals surface area contributed by atoms with Gasteiger partial charge in [-0.25, -0.2) is 0 Å². The van der Waals surface area contributed by atoms with E-state index in [0.29, 0.717) is 46.5 Å². The summed E-state index contributed by atoms with van der Waals surface area (Å²) in [6.07, 6.45) is -9.86. The van der Waals surface area contributed by atoms with Gasteiger partial charge in [0.2, 0.25) is 12.0 Å². The van der Waals surface area contributed by atoms with Gasteiger partial charge in [-0.1, -0.05) is 12.1 Å². The van der Waals surface area contributed by atoms with E-state index in [4.69, 9.17) is 55.5 Å². The zero-order chi connectivity index (χ0) is 35.1. The van der Waals surface area contributed by atoms with Crippen molar-refractivity contribution in [3.05, 3.63) is 58.9 Å². The molecule has 0 unspecified atom stereocenters. The molecule has 0 bridgehead atoms. The van der Waals surface area contributed by atoms with Crippen molar-refractivity contribution in [3.63, 3.8) is 0 Å². The van der Waals surface area contributed by atoms with Crippen molar-refractivity contribution in [3.8, 4) is 28.7 Å². The molecule has 1 fully saturated rings. The molecule has 4 heterocycles. The van der Waals surface area contributed by atoms with Crippen LogP contribution in [0.5, 0.6) is 28.7 Å². The van der Waals surface area contributed by atoms with Crippen molar-refractivity contribution in [2.75, 3.05) is 27.4 Å². The van der Waals surface area contributed by atoms with E-state index in [1.54, 1.807) is 24.3 Å². The number of methoxy groups -OCH3 is 2. The third kappa shape index (κ3) is 6.39. The molecule has 8 atom stereocenters. The second-order valence-electron chi connectivity index (χ2n) is 11.9. The highest BCUT2D eigenvalue weighted by molar-refractivity contribution is 5.90. The Bertz CT molecular complexity index is 1680. The standard InChI is InChI=1S/C32H38N4O13/c1-43-17-5-4-14-16-11-45-18-8-13(7-15(12-3-6-19(33)36-10-12)22(18)26(16)48-27(14)28(17)44-2)46-32-25(42)23(40)24(41)29(49-32)30(31(34)35)47-21(39)9-20(37)38/h3-8,16,23-26,29-32,36,40-42H,9-11,33-35H2,1-2H3,(H,37,38)/t16-,23-,24-,25+,26+,29-,30-,32+/m0/s1. The second kappa shape index (κ2) is 13.6. The number of carboxylic acid groups (broad SMARTS) is 1. The molecule has 6 rings (SSSR count). The number of hydrogen-bond acceptors (Lipinski definition) is 16. The molecule has 0 aromatic heterocycles. The van der Waals surface area contributed by atoms with Gasteiger partial charge in [-0.15, -0.1) is 0 Å². The molecule has 11 N–H and O–H groups in total. The number of allylic oxidation sites excluding steroid dienone is 2. The fourth-order valence-electron chi connectivity index (χ4n) is 6.41. The van der Waals surface area contributed by atoms with Crippen molar-refractivity contribution >= 4 is 17.5 Å². The number of nitrogens with two attached hydrogens (primary N) is 3. The summed E-state index contributed by atoms with van der Waals surface area (Å²) < 4.78 is 41.0. The molecule has 2 aromatic carbocycles. The van der Waals surface area contributed by atoms with Crippen molar-refractivity contribution in [2.24, 2.45) is 17.2 Å². The summed E-state index contributed by atoms with van der Waals surface area (Å²) in [5.74, 6) is -0.379. The number of ether oxygens (including phenoxy) is 7. The van der Waals surface area contributed by atoms with E-state index in [2.05, 4.69) is 5.32 Å². The molecule has 4 aliphatic heterocycles. The summed E-state index contributed by atoms with van der Waals surface area (Å²) in [7, 11) is 3.07. The Hall–Kier alpha value is -4.78. The van der Waals surface area contributed by atoms with Crippen LogP contribution in [0.4, 0.5) is 0 Å². The van der Waals surface area contributed by atoms with Gasteiger partial charge in [0.25, 0.3) is 0 Å². The highest BCUT2D eigenvalue weighted by Crippen LogP contribution is 2.57. The van der Waals surface area contributed by atoms with Crippen molar-refractivity contribution in [2.45, 2.75) is 61.4 Å². The number of carbonyl (C=O) groups is 2. The van der Waals surface area contributed by atoms with Crippen LogP contribution in [0.1, 0.15) is 35.1 Å². The molecule has 0 amide bonds. The van der Waals surface area contributed by atoms with Crippen LogP contribution in [0, 0.1) is 0 Å². The maximum absolute atomic E-state index is 12.1. The smallest absolute Gasteiger partial charge is 0.317 e. The molecule has 0 saturated carbocycles. The molecule has 0 spiro atoms. The van der Waals surface area contributed by atoms with E-state index in [9.17, 15) is 24.9 Å². The number of fused-ring (bicyclic) bond motifs is 5. The van der Waals surface area contributed by atoms with E-state index in [1.165, 1.54) is 14.2 Å². The zero-order valence-electron chi connectivity index (χ0n) is 26.5. The van der Waals surface area contributed by atoms with Gasteiger partial charge in [0.05, 0.1) is 38.7 Å². The van der Waals surface area contributed by atoms with Gasteiger partial charge < -0.3 is 76.1 Å². The Balaban J connectivity index is 1.35. The van der Waals surface area contributed by atoms with Crippen LogP contribution in [0.3, 0.4) is 0 Å². The molecular formula is C32H38N4O13. The normalized spacial score (nSPS) is 27.5. The van der Waals surface area contributed by atoms with Crippen LogP contribution in [-0.2, 0) is 19.1 Å². The van der Waals surface area contributed by atoms with Gasteiger partial charge in [0.1, 0.15) is 48.4 Å². The average Bonchev–Trinajstić information content (AvgIpc) is 3.45. The van der Waals surface area contributed by atoms with Gasteiger partial charge in [-0.05, 0) is 29.3 Å². The van der Waals surface area contributed by atoms with Crippen LogP contribution in [-0.4, -0.2) is 103 Å². The highest BCUT2D eigenvalue weighted by atomic mass is 16.7. The highest BCUT2D eigenvalue weighted by Gasteiger charge is 2.51. The van der Waals surface area contributed by atoms with Crippen molar-refractivity contribution < 1.29 is 63.2 Å². The van der Waals surface area contributed by atoms with Crippen LogP contribution in [0.2, 0.25) is 0 Å². The molecule has 4 aliphatic rings. The number of esters is 1. The van der Waals surface area contributed by atoms with E-state index < -0.39 is 67.4 Å². The van der Waals surface area contributed by atoms with Crippen molar-refractivity contribution in [1.29, 1.82) is 0 Å². The Labute approximate surface area is 279 Å². The number of rotatable bonds is 10. The van der Waals surface area contributed by atoms with Crippen LogP contribution < -0.4 is 46.2 Å². The Morgan fingerprint density at radius 3 is 2.49 bits per heavy atom. The lowest BCUT2D eigenvalue weighted by Gasteiger charge is -2.43. The van der Waals surface area contributed by atoms with Crippen molar-refractivity contribution in [1.82, 2.24) is 5.32 Å². The fourth-order valence-corrected chi connectivity index (χ4v) is 6.41. The monoisotopic (exact) mass is 686 g/mol. The Morgan fingerprint density at radius 1 is 1.06 bits per heavy atom. The maximum atomic E-state index is 12.1. The molecule has 264 valence electrons. The number of carboxylic acids is 1. The lowest BCUT2D eigenvalue weighted by molar-refractivity contribution is -0.291. The molecule has 0 aliphatic carbocycles. The van der Waals surface area contributed by atoms with Crippen LogP contribution in [0.25, 0.3) is 5.57 Å². The minimum absolute atomic E-state index is 0.133. The number of aliphatic hydroxyl groups excluding tert-OH is 3. The molecule has 0 radical (unpaired) electrons. The predicted molar refractivity (Wildman–Crippen MR) is 167 cm³/mol. The first-order valence-electron chi connectivity index (χ1n) is 15.3. The van der Waals surface area contributed by atoms with E-state index >= 15 is 0 Å². The molecule has 49 heavy (non-hydrogen) atoms. The minimum Gasteiger partial charge on any atom is -0.493 e. The predicted octanol–water partition coefficient (Wildman–Crippen LogP) is -1.08. The van der Waals surface area contributed by atoms with Gasteiger partial charge in [-0.2, -0.15) is 0 Å². The topological polar surface area (TPSA) is 270 Å². The summed E-state index contributed by atoms with van der Waals surface area (Å²) in [5.41, 5.74) is 20.6. The number of aliphatic carboxylic acids is 1. The lowest BCUT2D eigenvalue weighted by Crippen LogP contribution is -2.66. The Kier molecular flexibility index (Phi) is 9.47. The average molecular weight is 687 g/mol. The van der Waals surface area contributed by atoms with E-state index in [-0.39, 0.29) is 18.3 Å². The minimum atomic E-state index is -1.87. The molecule has 17 nitrogen and oxygen atoms in total.